The van der Waals surface area contributed by atoms with E-state index in [0.717, 1.165) is 45.2 Å². The van der Waals surface area contributed by atoms with Crippen LogP contribution < -0.4 is 11.1 Å². The monoisotopic (exact) mass is 283 g/mol. The fraction of sp³-hybridized carbons (Fsp3) is 0.933. The molecule has 0 radical (unpaired) electrons. The lowest BCUT2D eigenvalue weighted by molar-refractivity contribution is 0.00334. The van der Waals surface area contributed by atoms with E-state index < -0.39 is 0 Å². The topological polar surface area (TPSA) is 78.6 Å². The molecule has 2 rings (SSSR count). The second kappa shape index (κ2) is 7.27. The fourth-order valence-corrected chi connectivity index (χ4v) is 4.04. The van der Waals surface area contributed by atoms with Crippen LogP contribution in [0.1, 0.15) is 44.9 Å². The molecule has 0 aromatic rings. The summed E-state index contributed by atoms with van der Waals surface area (Å²) in [6.45, 7) is 1.48. The van der Waals surface area contributed by atoms with Crippen molar-refractivity contribution in [3.63, 3.8) is 0 Å². The smallest absolute Gasteiger partial charge is 0.315 e. The number of aliphatic hydroxyl groups excluding tert-OH is 1. The summed E-state index contributed by atoms with van der Waals surface area (Å²) in [4.78, 5) is 13.4. The van der Waals surface area contributed by atoms with E-state index in [1.165, 1.54) is 12.8 Å². The summed E-state index contributed by atoms with van der Waals surface area (Å²) in [5.41, 5.74) is 5.53. The van der Waals surface area contributed by atoms with Gasteiger partial charge in [0.2, 0.25) is 0 Å². The van der Waals surface area contributed by atoms with Gasteiger partial charge in [-0.3, -0.25) is 0 Å². The van der Waals surface area contributed by atoms with Crippen LogP contribution in [0, 0.1) is 11.8 Å². The van der Waals surface area contributed by atoms with Crippen molar-refractivity contribution in [3.8, 4) is 0 Å². The quantitative estimate of drug-likeness (QED) is 0.712. The van der Waals surface area contributed by atoms with Crippen LogP contribution in [-0.2, 0) is 0 Å². The number of piperidine rings is 1. The van der Waals surface area contributed by atoms with Crippen LogP contribution in [-0.4, -0.2) is 48.3 Å². The number of nitrogens with zero attached hydrogens (tertiary/aromatic N) is 1. The predicted octanol–water partition coefficient (Wildman–Crippen LogP) is 1.31. The van der Waals surface area contributed by atoms with E-state index in [2.05, 4.69) is 5.32 Å². The summed E-state index contributed by atoms with van der Waals surface area (Å²) in [5, 5.41) is 14.0. The van der Waals surface area contributed by atoms with Gasteiger partial charge in [0.15, 0.2) is 0 Å². The van der Waals surface area contributed by atoms with Crippen molar-refractivity contribution in [1.82, 2.24) is 10.2 Å². The Kier molecular flexibility index (Phi) is 5.66. The first-order chi connectivity index (χ1) is 9.65. The number of likely N-dealkylation sites (tertiary alicyclic amines) is 1. The maximum atomic E-state index is 11.7. The first-order valence-electron chi connectivity index (χ1n) is 8.04. The van der Waals surface area contributed by atoms with Crippen molar-refractivity contribution in [2.75, 3.05) is 20.1 Å². The van der Waals surface area contributed by atoms with Crippen LogP contribution in [0.15, 0.2) is 0 Å². The number of carbonyl (C=O) groups is 1. The van der Waals surface area contributed by atoms with Gasteiger partial charge < -0.3 is 21.1 Å². The van der Waals surface area contributed by atoms with Crippen molar-refractivity contribution in [1.29, 1.82) is 0 Å². The Hall–Kier alpha value is -0.810. The molecule has 1 saturated carbocycles. The Balaban J connectivity index is 2.10. The van der Waals surface area contributed by atoms with Crippen molar-refractivity contribution in [2.24, 2.45) is 17.6 Å². The van der Waals surface area contributed by atoms with Gasteiger partial charge in [-0.05, 0) is 45.1 Å². The number of carbonyl (C=O) groups excluding carboxylic acids is 1. The lowest BCUT2D eigenvalue weighted by Crippen LogP contribution is -2.55. The van der Waals surface area contributed by atoms with Gasteiger partial charge in [-0.2, -0.15) is 0 Å². The third kappa shape index (κ3) is 3.44. The largest absolute Gasteiger partial charge is 0.392 e. The fourth-order valence-electron chi connectivity index (χ4n) is 4.04. The first kappa shape index (κ1) is 15.6. The van der Waals surface area contributed by atoms with E-state index in [-0.39, 0.29) is 24.1 Å². The Bertz CT molecular complexity index is 318. The molecule has 2 fully saturated rings. The molecule has 1 aliphatic carbocycles. The predicted molar refractivity (Wildman–Crippen MR) is 79.3 cm³/mol. The Labute approximate surface area is 121 Å². The molecule has 4 N–H and O–H groups in total. The van der Waals surface area contributed by atoms with Crippen LogP contribution in [0.2, 0.25) is 0 Å². The third-order valence-electron chi connectivity index (χ3n) is 5.09. The molecule has 0 aromatic carbocycles. The summed E-state index contributed by atoms with van der Waals surface area (Å²) in [6, 6.07) is -0.251. The molecular weight excluding hydrogens is 254 g/mol. The van der Waals surface area contributed by atoms with E-state index in [0.29, 0.717) is 5.92 Å². The van der Waals surface area contributed by atoms with Crippen LogP contribution in [0.3, 0.4) is 0 Å². The molecule has 1 aliphatic heterocycles. The average molecular weight is 283 g/mol. The Morgan fingerprint density at radius 2 is 1.95 bits per heavy atom. The highest BCUT2D eigenvalue weighted by Gasteiger charge is 2.39. The summed E-state index contributed by atoms with van der Waals surface area (Å²) in [6.07, 6.45) is 7.44. The number of aliphatic hydroxyl groups is 1. The number of hydrogen-bond acceptors (Lipinski definition) is 3. The summed E-state index contributed by atoms with van der Waals surface area (Å²) >= 11 is 0. The van der Waals surface area contributed by atoms with Crippen molar-refractivity contribution < 1.29 is 9.90 Å². The molecule has 0 bridgehead atoms. The van der Waals surface area contributed by atoms with Crippen molar-refractivity contribution >= 4 is 6.03 Å². The number of hydrogen-bond donors (Lipinski definition) is 3. The maximum absolute atomic E-state index is 11.7. The minimum absolute atomic E-state index is 0.0873. The highest BCUT2D eigenvalue weighted by atomic mass is 16.3. The normalized spacial score (nSPS) is 27.5. The molecule has 2 amide bonds. The molecule has 1 saturated heterocycles. The lowest BCUT2D eigenvalue weighted by atomic mass is 9.80. The van der Waals surface area contributed by atoms with Gasteiger partial charge in [-0.15, -0.1) is 0 Å². The molecule has 20 heavy (non-hydrogen) atoms. The number of primary amides is 1. The summed E-state index contributed by atoms with van der Waals surface area (Å²) in [5.74, 6) is 0.487. The minimum atomic E-state index is -0.338. The zero-order valence-electron chi connectivity index (χ0n) is 12.6. The lowest BCUT2D eigenvalue weighted by Gasteiger charge is -2.42. The number of amides is 2. The molecule has 1 heterocycles. The van der Waals surface area contributed by atoms with Gasteiger partial charge in [-0.1, -0.05) is 12.8 Å². The molecule has 5 nitrogen and oxygen atoms in total. The molecule has 5 heteroatoms. The van der Waals surface area contributed by atoms with Gasteiger partial charge >= 0.3 is 6.03 Å². The van der Waals surface area contributed by atoms with Crippen LogP contribution >= 0.6 is 0 Å². The molecule has 1 unspecified atom stereocenters. The average Bonchev–Trinajstić information content (AvgIpc) is 2.98. The highest BCUT2D eigenvalue weighted by molar-refractivity contribution is 5.72. The zero-order chi connectivity index (χ0) is 14.5. The number of nitrogens with two attached hydrogens (primary N) is 1. The van der Waals surface area contributed by atoms with Crippen molar-refractivity contribution in [2.45, 2.75) is 57.1 Å². The Morgan fingerprint density at radius 3 is 2.55 bits per heavy atom. The minimum Gasteiger partial charge on any atom is -0.392 e. The molecule has 2 aliphatic rings. The SMILES string of the molecule is CNC[C@H](C1CCCCN1C(N)=O)[C@H](O)C1CCCC1. The summed E-state index contributed by atoms with van der Waals surface area (Å²) in [7, 11) is 1.91. The highest BCUT2D eigenvalue weighted by Crippen LogP contribution is 2.34. The van der Waals surface area contributed by atoms with Crippen LogP contribution in [0.25, 0.3) is 0 Å². The second-order valence-electron chi connectivity index (χ2n) is 6.35. The van der Waals surface area contributed by atoms with Gasteiger partial charge in [0.05, 0.1) is 6.10 Å². The zero-order valence-corrected chi connectivity index (χ0v) is 12.6. The molecular formula is C15H29N3O2. The van der Waals surface area contributed by atoms with E-state index in [1.807, 2.05) is 7.05 Å². The third-order valence-corrected chi connectivity index (χ3v) is 5.09. The van der Waals surface area contributed by atoms with Gasteiger partial charge in [0.1, 0.15) is 0 Å². The second-order valence-corrected chi connectivity index (χ2v) is 6.35. The first-order valence-corrected chi connectivity index (χ1v) is 8.04. The molecule has 0 spiro atoms. The number of rotatable bonds is 5. The van der Waals surface area contributed by atoms with E-state index >= 15 is 0 Å². The molecule has 116 valence electrons. The van der Waals surface area contributed by atoms with Crippen molar-refractivity contribution in [3.05, 3.63) is 0 Å². The summed E-state index contributed by atoms with van der Waals surface area (Å²) < 4.78 is 0. The Morgan fingerprint density at radius 1 is 1.30 bits per heavy atom. The molecule has 3 atom stereocenters. The van der Waals surface area contributed by atoms with E-state index in [9.17, 15) is 9.90 Å². The van der Waals surface area contributed by atoms with Crippen LogP contribution in [0.4, 0.5) is 4.79 Å². The van der Waals surface area contributed by atoms with Crippen LogP contribution in [0.5, 0.6) is 0 Å². The standard InChI is InChI=1S/C15H29N3O2/c1-17-10-12(14(19)11-6-2-3-7-11)13-8-4-5-9-18(13)15(16)20/h11-14,17,19H,2-10H2,1H3,(H2,16,20)/t12-,13?,14-/m1/s1. The van der Waals surface area contributed by atoms with E-state index in [4.69, 9.17) is 5.73 Å². The van der Waals surface area contributed by atoms with E-state index in [1.54, 1.807) is 4.90 Å². The molecule has 0 aromatic heterocycles. The van der Waals surface area contributed by atoms with Gasteiger partial charge in [-0.25, -0.2) is 4.79 Å². The number of nitrogens with one attached hydrogen (secondary N) is 1. The number of urea groups is 1. The van der Waals surface area contributed by atoms with Gasteiger partial charge in [0, 0.05) is 25.0 Å². The van der Waals surface area contributed by atoms with Gasteiger partial charge in [0.25, 0.3) is 0 Å². The maximum Gasteiger partial charge on any atom is 0.315 e.